The van der Waals surface area contributed by atoms with E-state index in [0.717, 1.165) is 26.1 Å². The Morgan fingerprint density at radius 2 is 2.53 bits per heavy atom. The number of halogens is 1. The molecule has 0 aliphatic carbocycles. The van der Waals surface area contributed by atoms with Crippen LogP contribution in [0.2, 0.25) is 5.15 Å². The average Bonchev–Trinajstić information content (AvgIpc) is 2.92. The molecule has 1 aliphatic rings. The minimum atomic E-state index is -0.0522. The predicted octanol–water partition coefficient (Wildman–Crippen LogP) is 1.36. The lowest BCUT2D eigenvalue weighted by atomic mass is 10.2. The van der Waals surface area contributed by atoms with Gasteiger partial charge in [0, 0.05) is 18.8 Å². The maximum atomic E-state index is 12.0. The van der Waals surface area contributed by atoms with Gasteiger partial charge in [-0.25, -0.2) is 4.98 Å². The van der Waals surface area contributed by atoms with Gasteiger partial charge in [-0.2, -0.15) is 0 Å². The number of carbonyl (C=O) groups is 1. The number of carbonyl (C=O) groups excluding carboxylic acids is 1. The van der Waals surface area contributed by atoms with Crippen molar-refractivity contribution < 1.29 is 4.79 Å². The molecule has 104 valence electrons. The Balaban J connectivity index is 1.91. The summed E-state index contributed by atoms with van der Waals surface area (Å²) in [7, 11) is 0. The van der Waals surface area contributed by atoms with Crippen LogP contribution >= 0.6 is 11.6 Å². The van der Waals surface area contributed by atoms with Crippen molar-refractivity contribution in [2.24, 2.45) is 0 Å². The highest BCUT2D eigenvalue weighted by Crippen LogP contribution is 2.17. The molecule has 2 N–H and O–H groups in total. The first-order chi connectivity index (χ1) is 9.20. The van der Waals surface area contributed by atoms with Gasteiger partial charge in [-0.05, 0) is 31.6 Å². The molecule has 0 aromatic carbocycles. The van der Waals surface area contributed by atoms with E-state index in [0.29, 0.717) is 23.4 Å². The van der Waals surface area contributed by atoms with E-state index < -0.39 is 0 Å². The van der Waals surface area contributed by atoms with E-state index in [2.05, 4.69) is 27.4 Å². The number of aromatic nitrogens is 1. The van der Waals surface area contributed by atoms with E-state index in [1.807, 2.05) is 0 Å². The molecular formula is C13H19ClN4O. The van der Waals surface area contributed by atoms with E-state index >= 15 is 0 Å². The highest BCUT2D eigenvalue weighted by atomic mass is 35.5. The second kappa shape index (κ2) is 6.84. The molecule has 1 unspecified atom stereocenters. The number of amides is 1. The van der Waals surface area contributed by atoms with Gasteiger partial charge in [0.05, 0.1) is 12.2 Å². The molecule has 1 fully saturated rings. The van der Waals surface area contributed by atoms with Gasteiger partial charge in [-0.15, -0.1) is 0 Å². The van der Waals surface area contributed by atoms with Gasteiger partial charge in [-0.1, -0.05) is 18.5 Å². The minimum Gasteiger partial charge on any atom is -0.322 e. The molecule has 0 saturated carbocycles. The summed E-state index contributed by atoms with van der Waals surface area (Å²) in [6.45, 7) is 5.29. The Labute approximate surface area is 118 Å². The maximum Gasteiger partial charge on any atom is 0.238 e. The monoisotopic (exact) mass is 282 g/mol. The van der Waals surface area contributed by atoms with Crippen molar-refractivity contribution in [3.63, 3.8) is 0 Å². The SMILES string of the molecule is CCN(CC(=O)Nc1cccnc1Cl)C1CCNC1. The number of anilines is 1. The Morgan fingerprint density at radius 1 is 1.68 bits per heavy atom. The molecule has 1 aromatic rings. The van der Waals surface area contributed by atoms with Crippen molar-refractivity contribution in [2.75, 3.05) is 31.5 Å². The maximum absolute atomic E-state index is 12.0. The van der Waals surface area contributed by atoms with Crippen molar-refractivity contribution in [1.29, 1.82) is 0 Å². The zero-order valence-corrected chi connectivity index (χ0v) is 11.8. The molecule has 2 heterocycles. The molecule has 2 rings (SSSR count). The number of likely N-dealkylation sites (N-methyl/N-ethyl adjacent to an activating group) is 1. The van der Waals surface area contributed by atoms with Crippen LogP contribution in [0.25, 0.3) is 0 Å². The normalized spacial score (nSPS) is 18.8. The molecule has 19 heavy (non-hydrogen) atoms. The molecule has 1 aliphatic heterocycles. The second-order valence-electron chi connectivity index (χ2n) is 4.60. The molecule has 1 amide bonds. The van der Waals surface area contributed by atoms with Crippen molar-refractivity contribution in [3.05, 3.63) is 23.5 Å². The minimum absolute atomic E-state index is 0.0522. The highest BCUT2D eigenvalue weighted by Gasteiger charge is 2.22. The fourth-order valence-corrected chi connectivity index (χ4v) is 2.47. The van der Waals surface area contributed by atoms with Crippen LogP contribution in [0.4, 0.5) is 5.69 Å². The smallest absolute Gasteiger partial charge is 0.238 e. The molecule has 0 bridgehead atoms. The van der Waals surface area contributed by atoms with Crippen LogP contribution in [0.15, 0.2) is 18.3 Å². The summed E-state index contributed by atoms with van der Waals surface area (Å²) in [5, 5.41) is 6.44. The lowest BCUT2D eigenvalue weighted by molar-refractivity contribution is -0.117. The van der Waals surface area contributed by atoms with E-state index in [-0.39, 0.29) is 5.91 Å². The van der Waals surface area contributed by atoms with Crippen LogP contribution in [0.3, 0.4) is 0 Å². The summed E-state index contributed by atoms with van der Waals surface area (Å²) in [5.41, 5.74) is 0.565. The third kappa shape index (κ3) is 3.89. The number of pyridine rings is 1. The van der Waals surface area contributed by atoms with Crippen molar-refractivity contribution >= 4 is 23.2 Å². The third-order valence-corrected chi connectivity index (χ3v) is 3.64. The predicted molar refractivity (Wildman–Crippen MR) is 76.4 cm³/mol. The standard InChI is InChI=1S/C13H19ClN4O/c1-2-18(10-5-7-15-8-10)9-12(19)17-11-4-3-6-16-13(11)14/h3-4,6,10,15H,2,5,7-9H2,1H3,(H,17,19). The summed E-state index contributed by atoms with van der Waals surface area (Å²) < 4.78 is 0. The first-order valence-corrected chi connectivity index (χ1v) is 6.93. The van der Waals surface area contributed by atoms with Gasteiger partial charge in [0.1, 0.15) is 0 Å². The van der Waals surface area contributed by atoms with Crippen molar-refractivity contribution in [2.45, 2.75) is 19.4 Å². The van der Waals surface area contributed by atoms with Gasteiger partial charge >= 0.3 is 0 Å². The van der Waals surface area contributed by atoms with E-state index in [9.17, 15) is 4.79 Å². The average molecular weight is 283 g/mol. The molecule has 5 nitrogen and oxygen atoms in total. The van der Waals surface area contributed by atoms with Gasteiger partial charge in [0.2, 0.25) is 5.91 Å². The Morgan fingerprint density at radius 3 is 3.16 bits per heavy atom. The fourth-order valence-electron chi connectivity index (χ4n) is 2.30. The zero-order chi connectivity index (χ0) is 13.7. The zero-order valence-electron chi connectivity index (χ0n) is 11.0. The quantitative estimate of drug-likeness (QED) is 0.801. The summed E-state index contributed by atoms with van der Waals surface area (Å²) in [4.78, 5) is 18.1. The van der Waals surface area contributed by atoms with E-state index in [1.165, 1.54) is 0 Å². The van der Waals surface area contributed by atoms with Crippen LogP contribution in [0, 0.1) is 0 Å². The van der Waals surface area contributed by atoms with Crippen molar-refractivity contribution in [3.8, 4) is 0 Å². The van der Waals surface area contributed by atoms with E-state index in [1.54, 1.807) is 18.3 Å². The molecule has 1 atom stereocenters. The van der Waals surface area contributed by atoms with Gasteiger partial charge in [0.15, 0.2) is 5.15 Å². The largest absolute Gasteiger partial charge is 0.322 e. The molecule has 0 radical (unpaired) electrons. The lowest BCUT2D eigenvalue weighted by Gasteiger charge is -2.26. The molecule has 1 aromatic heterocycles. The fraction of sp³-hybridized carbons (Fsp3) is 0.538. The Hall–Kier alpha value is -1.17. The first-order valence-electron chi connectivity index (χ1n) is 6.56. The van der Waals surface area contributed by atoms with Crippen LogP contribution < -0.4 is 10.6 Å². The summed E-state index contributed by atoms with van der Waals surface area (Å²) in [6.07, 6.45) is 2.69. The van der Waals surface area contributed by atoms with Gasteiger partial charge in [0.25, 0.3) is 0 Å². The molecular weight excluding hydrogens is 264 g/mol. The summed E-state index contributed by atoms with van der Waals surface area (Å²) >= 11 is 5.92. The first kappa shape index (κ1) is 14.2. The topological polar surface area (TPSA) is 57.3 Å². The number of nitrogens with zero attached hydrogens (tertiary/aromatic N) is 2. The summed E-state index contributed by atoms with van der Waals surface area (Å²) in [6, 6.07) is 3.95. The lowest BCUT2D eigenvalue weighted by Crippen LogP contribution is -2.41. The Kier molecular flexibility index (Phi) is 5.13. The molecule has 1 saturated heterocycles. The Bertz CT molecular complexity index is 434. The molecule has 6 heteroatoms. The van der Waals surface area contributed by atoms with Gasteiger partial charge in [-0.3, -0.25) is 9.69 Å². The van der Waals surface area contributed by atoms with Crippen LogP contribution in [0.5, 0.6) is 0 Å². The number of rotatable bonds is 5. The molecule has 0 spiro atoms. The van der Waals surface area contributed by atoms with Gasteiger partial charge < -0.3 is 10.6 Å². The van der Waals surface area contributed by atoms with Crippen LogP contribution in [-0.2, 0) is 4.79 Å². The number of hydrogen-bond acceptors (Lipinski definition) is 4. The number of hydrogen-bond donors (Lipinski definition) is 2. The number of nitrogens with one attached hydrogen (secondary N) is 2. The van der Waals surface area contributed by atoms with Crippen LogP contribution in [0.1, 0.15) is 13.3 Å². The van der Waals surface area contributed by atoms with Crippen molar-refractivity contribution in [1.82, 2.24) is 15.2 Å². The summed E-state index contributed by atoms with van der Waals surface area (Å²) in [5.74, 6) is -0.0522. The van der Waals surface area contributed by atoms with E-state index in [4.69, 9.17) is 11.6 Å². The second-order valence-corrected chi connectivity index (χ2v) is 4.96. The third-order valence-electron chi connectivity index (χ3n) is 3.34. The highest BCUT2D eigenvalue weighted by molar-refractivity contribution is 6.32. The van der Waals surface area contributed by atoms with Crippen LogP contribution in [-0.4, -0.2) is 48.0 Å².